The Morgan fingerprint density at radius 2 is 2.17 bits per heavy atom. The summed E-state index contributed by atoms with van der Waals surface area (Å²) in [6.45, 7) is 6.78. The molecule has 5 heteroatoms. The van der Waals surface area contributed by atoms with E-state index in [9.17, 15) is 9.59 Å². The maximum atomic E-state index is 12.1. The summed E-state index contributed by atoms with van der Waals surface area (Å²) in [7, 11) is 0. The molecule has 0 aliphatic carbocycles. The first-order valence-corrected chi connectivity index (χ1v) is 8.28. The van der Waals surface area contributed by atoms with Crippen molar-refractivity contribution in [3.63, 3.8) is 0 Å². The molecule has 0 aromatic heterocycles. The maximum Gasteiger partial charge on any atom is 0.258 e. The van der Waals surface area contributed by atoms with Crippen LogP contribution in [0.1, 0.15) is 50.2 Å². The van der Waals surface area contributed by atoms with Crippen LogP contribution in [-0.4, -0.2) is 31.0 Å². The summed E-state index contributed by atoms with van der Waals surface area (Å²) in [5.74, 6) is 0.694. The van der Waals surface area contributed by atoms with Crippen molar-refractivity contribution in [3.8, 4) is 5.75 Å². The van der Waals surface area contributed by atoms with Crippen LogP contribution in [0, 0.1) is 6.92 Å². The Bertz CT molecular complexity index is 569. The number of amides is 2. The fraction of sp³-hybridized carbons (Fsp3) is 0.556. The van der Waals surface area contributed by atoms with Gasteiger partial charge in [0.2, 0.25) is 5.91 Å². The summed E-state index contributed by atoms with van der Waals surface area (Å²) in [5.41, 5.74) is 2.17. The molecule has 0 spiro atoms. The van der Waals surface area contributed by atoms with Gasteiger partial charge in [-0.15, -0.1) is 0 Å². The van der Waals surface area contributed by atoms with Crippen molar-refractivity contribution in [2.75, 3.05) is 13.2 Å². The molecular formula is C18H26N2O3. The second-order valence-corrected chi connectivity index (χ2v) is 6.39. The summed E-state index contributed by atoms with van der Waals surface area (Å²) in [6.07, 6.45) is 2.56. The molecule has 0 saturated carbocycles. The van der Waals surface area contributed by atoms with E-state index < -0.39 is 6.04 Å². The first kappa shape index (κ1) is 17.3. The van der Waals surface area contributed by atoms with Crippen molar-refractivity contribution in [3.05, 3.63) is 29.3 Å². The van der Waals surface area contributed by atoms with Crippen LogP contribution in [0.3, 0.4) is 0 Å². The zero-order valence-corrected chi connectivity index (χ0v) is 14.1. The Labute approximate surface area is 137 Å². The van der Waals surface area contributed by atoms with E-state index in [0.717, 1.165) is 29.7 Å². The van der Waals surface area contributed by atoms with Crippen LogP contribution in [0.2, 0.25) is 0 Å². The van der Waals surface area contributed by atoms with E-state index in [1.165, 1.54) is 0 Å². The predicted molar refractivity (Wildman–Crippen MR) is 89.6 cm³/mol. The lowest BCUT2D eigenvalue weighted by molar-refractivity contribution is -0.129. The molecule has 1 aliphatic heterocycles. The fourth-order valence-electron chi connectivity index (χ4n) is 2.70. The highest BCUT2D eigenvalue weighted by Crippen LogP contribution is 2.27. The minimum atomic E-state index is -0.448. The molecule has 23 heavy (non-hydrogen) atoms. The number of aryl methyl sites for hydroxylation is 1. The second-order valence-electron chi connectivity index (χ2n) is 6.39. The van der Waals surface area contributed by atoms with Crippen molar-refractivity contribution in [2.24, 2.45) is 0 Å². The monoisotopic (exact) mass is 318 g/mol. The molecule has 1 fully saturated rings. The minimum absolute atomic E-state index is 0.0764. The third-order valence-corrected chi connectivity index (χ3v) is 4.02. The number of carbonyl (C=O) groups is 2. The van der Waals surface area contributed by atoms with Crippen LogP contribution in [0.4, 0.5) is 0 Å². The van der Waals surface area contributed by atoms with Gasteiger partial charge in [0.05, 0.1) is 0 Å². The Hall–Kier alpha value is -2.04. The molecule has 1 aliphatic rings. The average Bonchev–Trinajstić information content (AvgIpc) is 2.70. The smallest absolute Gasteiger partial charge is 0.258 e. The molecule has 1 saturated heterocycles. The lowest BCUT2D eigenvalue weighted by atomic mass is 10.0. The van der Waals surface area contributed by atoms with E-state index in [0.29, 0.717) is 18.9 Å². The lowest BCUT2D eigenvalue weighted by Gasteiger charge is -2.17. The normalized spacial score (nSPS) is 18.3. The Morgan fingerprint density at radius 3 is 2.91 bits per heavy atom. The van der Waals surface area contributed by atoms with E-state index in [2.05, 4.69) is 24.5 Å². The molecule has 1 atom stereocenters. The molecule has 2 rings (SSSR count). The molecular weight excluding hydrogens is 292 g/mol. The van der Waals surface area contributed by atoms with E-state index in [4.69, 9.17) is 4.74 Å². The van der Waals surface area contributed by atoms with Gasteiger partial charge >= 0.3 is 0 Å². The molecule has 0 unspecified atom stereocenters. The van der Waals surface area contributed by atoms with Crippen LogP contribution in [0.5, 0.6) is 5.75 Å². The van der Waals surface area contributed by atoms with Crippen molar-refractivity contribution < 1.29 is 14.3 Å². The van der Waals surface area contributed by atoms with E-state index in [1.54, 1.807) is 0 Å². The first-order valence-electron chi connectivity index (χ1n) is 8.28. The van der Waals surface area contributed by atoms with Crippen LogP contribution in [-0.2, 0) is 9.59 Å². The molecule has 5 nitrogen and oxygen atoms in total. The third-order valence-electron chi connectivity index (χ3n) is 4.02. The highest BCUT2D eigenvalue weighted by Gasteiger charge is 2.22. The van der Waals surface area contributed by atoms with E-state index >= 15 is 0 Å². The second kappa shape index (κ2) is 7.99. The number of hydrogen-bond acceptors (Lipinski definition) is 3. The van der Waals surface area contributed by atoms with Crippen LogP contribution in [0.15, 0.2) is 18.2 Å². The Morgan fingerprint density at radius 1 is 1.39 bits per heavy atom. The number of nitrogens with one attached hydrogen (secondary N) is 2. The molecule has 2 N–H and O–H groups in total. The summed E-state index contributed by atoms with van der Waals surface area (Å²) in [5, 5.41) is 5.58. The van der Waals surface area contributed by atoms with Gasteiger partial charge in [-0.25, -0.2) is 0 Å². The summed E-state index contributed by atoms with van der Waals surface area (Å²) >= 11 is 0. The van der Waals surface area contributed by atoms with Crippen molar-refractivity contribution in [2.45, 2.75) is 52.0 Å². The standard InChI is InChI=1S/C18H26N2O3/c1-12(2)14-8-7-13(3)10-16(14)23-11-17(21)20-15-6-4-5-9-19-18(15)22/h7-8,10,12,15H,4-6,9,11H2,1-3H3,(H,19,22)(H,20,21)/t15-/m1/s1. The SMILES string of the molecule is Cc1ccc(C(C)C)c(OCC(=O)N[C@@H]2CCCCNC2=O)c1. The number of hydrogen-bond donors (Lipinski definition) is 2. The zero-order chi connectivity index (χ0) is 16.8. The largest absolute Gasteiger partial charge is 0.483 e. The number of benzene rings is 1. The highest BCUT2D eigenvalue weighted by atomic mass is 16.5. The molecule has 2 amide bonds. The summed E-state index contributed by atoms with van der Waals surface area (Å²) in [6, 6.07) is 5.57. The molecule has 126 valence electrons. The topological polar surface area (TPSA) is 67.4 Å². The molecule has 0 bridgehead atoms. The highest BCUT2D eigenvalue weighted by molar-refractivity contribution is 5.88. The van der Waals surface area contributed by atoms with Gasteiger partial charge in [-0.1, -0.05) is 26.0 Å². The molecule has 1 aromatic rings. The quantitative estimate of drug-likeness (QED) is 0.875. The third kappa shape index (κ3) is 4.98. The lowest BCUT2D eigenvalue weighted by Crippen LogP contribution is -2.46. The van der Waals surface area contributed by atoms with E-state index in [-0.39, 0.29) is 18.4 Å². The Balaban J connectivity index is 1.94. The fourth-order valence-corrected chi connectivity index (χ4v) is 2.70. The summed E-state index contributed by atoms with van der Waals surface area (Å²) in [4.78, 5) is 23.9. The van der Waals surface area contributed by atoms with Crippen LogP contribution >= 0.6 is 0 Å². The van der Waals surface area contributed by atoms with Crippen molar-refractivity contribution >= 4 is 11.8 Å². The molecule has 1 heterocycles. The van der Waals surface area contributed by atoms with Gasteiger partial charge in [0, 0.05) is 6.54 Å². The van der Waals surface area contributed by atoms with E-state index in [1.807, 2.05) is 25.1 Å². The van der Waals surface area contributed by atoms with Crippen LogP contribution in [0.25, 0.3) is 0 Å². The maximum absolute atomic E-state index is 12.1. The minimum Gasteiger partial charge on any atom is -0.483 e. The first-order chi connectivity index (χ1) is 11.0. The van der Waals surface area contributed by atoms with Crippen molar-refractivity contribution in [1.82, 2.24) is 10.6 Å². The zero-order valence-electron chi connectivity index (χ0n) is 14.1. The number of ether oxygens (including phenoxy) is 1. The number of carbonyl (C=O) groups excluding carboxylic acids is 2. The molecule has 0 radical (unpaired) electrons. The molecule has 1 aromatic carbocycles. The summed E-state index contributed by atoms with van der Waals surface area (Å²) < 4.78 is 5.71. The van der Waals surface area contributed by atoms with Gasteiger partial charge in [0.25, 0.3) is 5.91 Å². The van der Waals surface area contributed by atoms with Crippen LogP contribution < -0.4 is 15.4 Å². The average molecular weight is 318 g/mol. The van der Waals surface area contributed by atoms with Gasteiger partial charge in [-0.2, -0.15) is 0 Å². The Kier molecular flexibility index (Phi) is 6.02. The van der Waals surface area contributed by atoms with Crippen molar-refractivity contribution in [1.29, 1.82) is 0 Å². The van der Waals surface area contributed by atoms with Gasteiger partial charge in [-0.05, 0) is 49.3 Å². The van der Waals surface area contributed by atoms with Gasteiger partial charge in [-0.3, -0.25) is 9.59 Å². The predicted octanol–water partition coefficient (Wildman–Crippen LogP) is 2.28. The van der Waals surface area contributed by atoms with Gasteiger partial charge in [0.1, 0.15) is 11.8 Å². The van der Waals surface area contributed by atoms with Gasteiger partial charge in [0.15, 0.2) is 6.61 Å². The van der Waals surface area contributed by atoms with Gasteiger partial charge < -0.3 is 15.4 Å². The number of rotatable bonds is 5.